The number of benzene rings is 3. The van der Waals surface area contributed by atoms with Crippen molar-refractivity contribution in [3.8, 4) is 11.4 Å². The van der Waals surface area contributed by atoms with Crippen molar-refractivity contribution in [3.05, 3.63) is 113 Å². The smallest absolute Gasteiger partial charge is 0.870 e. The van der Waals surface area contributed by atoms with E-state index in [0.717, 1.165) is 49.3 Å². The molecule has 2 aliphatic rings. The summed E-state index contributed by atoms with van der Waals surface area (Å²) in [5.74, 6) is -0.713. The molecule has 4 heterocycles. The average molecular weight is 783 g/mol. The van der Waals surface area contributed by atoms with Gasteiger partial charge in [0.2, 0.25) is 6.33 Å². The quantitative estimate of drug-likeness (QED) is 0.0953. The van der Waals surface area contributed by atoms with E-state index in [1.807, 2.05) is 61.7 Å². The number of carbonyl (C=O) groups excluding carboxylic acids is 1. The Morgan fingerprint density at radius 3 is 2.25 bits per heavy atom. The fraction of sp³-hybridized carbons (Fsp3) is 0.410. The summed E-state index contributed by atoms with van der Waals surface area (Å²) >= 11 is 0. The van der Waals surface area contributed by atoms with Gasteiger partial charge < -0.3 is 34.7 Å². The maximum Gasteiger partial charge on any atom is 1.00 e. The molecule has 3 aromatic carbocycles. The standard InChI is InChI=1S/C39H44F2N8O5.Na.H2O/c1-3-37(28(2)51)49-38(52)48(26-43-49)33-7-5-31(6-8-33)45-14-16-46(17-15-45)32-9-11-34(12-10-32)53-22-29-21-39(54-23-29,35-13-4-30(40)20-36(35)41)24-47-27-44(18-19-50)25-42-47;;/h4-13,20,25-29,37,51H,3,14-18,21-24H2,1-2H3;;1H2/q;+1;/p-1/t28-,29+,37-,39-;;/m0../s1. The van der Waals surface area contributed by atoms with Gasteiger partial charge in [-0.3, -0.25) is 4.57 Å². The number of rotatable bonds is 14. The number of aliphatic hydroxyl groups excluding tert-OH is 1. The molecule has 0 aliphatic carbocycles. The van der Waals surface area contributed by atoms with Gasteiger partial charge in [-0.2, -0.15) is 5.10 Å². The summed E-state index contributed by atoms with van der Waals surface area (Å²) in [5, 5.41) is 18.6. The summed E-state index contributed by atoms with van der Waals surface area (Å²) in [4.78, 5) is 28.5. The molecule has 0 unspecified atom stereocenters. The van der Waals surface area contributed by atoms with E-state index in [9.17, 15) is 19.1 Å². The SMILES string of the molecule is CC[C@@H]([C@H](C)O)n1ncn(-c2ccc(N3CCN(c4ccc(OC[C@@H]5CO[C@@](Cn6c[n+](C[C-]=O)cn6)(c6ccc(F)cc6F)C5)cc4)CC3)cc2)c1=O.[Na+].[OH-]. The van der Waals surface area contributed by atoms with Crippen molar-refractivity contribution >= 4 is 17.7 Å². The first kappa shape index (κ1) is 42.7. The molecule has 2 aromatic heterocycles. The first-order valence-electron chi connectivity index (χ1n) is 18.2. The van der Waals surface area contributed by atoms with Crippen LogP contribution < -0.4 is 54.4 Å². The molecule has 56 heavy (non-hydrogen) atoms. The number of ether oxygens (including phenoxy) is 2. The summed E-state index contributed by atoms with van der Waals surface area (Å²) in [6.45, 7) is 7.75. The van der Waals surface area contributed by atoms with Crippen molar-refractivity contribution in [2.45, 2.75) is 57.5 Å². The van der Waals surface area contributed by atoms with E-state index in [1.54, 1.807) is 22.5 Å². The van der Waals surface area contributed by atoms with Gasteiger partial charge in [0, 0.05) is 60.2 Å². The predicted molar refractivity (Wildman–Crippen MR) is 197 cm³/mol. The van der Waals surface area contributed by atoms with Crippen molar-refractivity contribution < 1.29 is 67.8 Å². The van der Waals surface area contributed by atoms with Crippen LogP contribution in [0.5, 0.6) is 5.75 Å². The molecule has 2 saturated heterocycles. The van der Waals surface area contributed by atoms with E-state index in [2.05, 4.69) is 20.0 Å². The fourth-order valence-corrected chi connectivity index (χ4v) is 7.53. The van der Waals surface area contributed by atoms with Crippen LogP contribution in [0.1, 0.15) is 38.3 Å². The van der Waals surface area contributed by atoms with Crippen LogP contribution in [0.2, 0.25) is 0 Å². The summed E-state index contributed by atoms with van der Waals surface area (Å²) in [7, 11) is 0. The van der Waals surface area contributed by atoms with Gasteiger partial charge in [0.15, 0.2) is 0 Å². The molecule has 7 rings (SSSR count). The Hall–Kier alpha value is -4.45. The number of hydrogen-bond donors (Lipinski definition) is 1. The zero-order valence-electron chi connectivity index (χ0n) is 31.7. The molecular formula is C39H45F2N8NaO6. The van der Waals surface area contributed by atoms with Gasteiger partial charge in [-0.15, -0.1) is 4.68 Å². The molecule has 0 bridgehead atoms. The van der Waals surface area contributed by atoms with Gasteiger partial charge in [-0.1, -0.05) is 13.0 Å². The fourth-order valence-electron chi connectivity index (χ4n) is 7.53. The number of anilines is 2. The molecule has 5 aromatic rings. The number of halogens is 2. The maximum atomic E-state index is 15.1. The third-order valence-electron chi connectivity index (χ3n) is 10.4. The Morgan fingerprint density at radius 1 is 1.00 bits per heavy atom. The average Bonchev–Trinajstić information content (AvgIpc) is 3.91. The maximum absolute atomic E-state index is 15.1. The molecule has 2 aliphatic heterocycles. The zero-order valence-corrected chi connectivity index (χ0v) is 33.7. The number of nitrogens with zero attached hydrogens (tertiary/aromatic N) is 8. The van der Waals surface area contributed by atoms with Crippen LogP contribution in [-0.2, 0) is 28.2 Å². The van der Waals surface area contributed by atoms with Crippen molar-refractivity contribution in [1.82, 2.24) is 24.1 Å². The van der Waals surface area contributed by atoms with Gasteiger partial charge in [0.1, 0.15) is 35.9 Å². The predicted octanol–water partition coefficient (Wildman–Crippen LogP) is 0.403. The molecule has 0 amide bonds. The third-order valence-corrected chi connectivity index (χ3v) is 10.4. The molecule has 0 saturated carbocycles. The minimum Gasteiger partial charge on any atom is -0.870 e. The Kier molecular flexibility index (Phi) is 14.2. The van der Waals surface area contributed by atoms with Gasteiger partial charge in [-0.25, -0.2) is 29.1 Å². The van der Waals surface area contributed by atoms with Crippen molar-refractivity contribution in [1.29, 1.82) is 0 Å². The monoisotopic (exact) mass is 782 g/mol. The molecule has 0 spiro atoms. The second kappa shape index (κ2) is 18.7. The van der Waals surface area contributed by atoms with Gasteiger partial charge in [0.05, 0.1) is 31.0 Å². The minimum atomic E-state index is -1.10. The summed E-state index contributed by atoms with van der Waals surface area (Å²) < 4.78 is 47.4. The van der Waals surface area contributed by atoms with E-state index in [-0.39, 0.29) is 71.3 Å². The Labute approximate surface area is 345 Å². The Balaban J connectivity index is 0.00000300. The summed E-state index contributed by atoms with van der Waals surface area (Å²) in [5.41, 5.74) is 1.75. The topological polar surface area (TPSA) is 154 Å². The van der Waals surface area contributed by atoms with Crippen LogP contribution in [0.25, 0.3) is 5.69 Å². The summed E-state index contributed by atoms with van der Waals surface area (Å²) in [6.07, 6.45) is 6.78. The first-order chi connectivity index (χ1) is 26.2. The van der Waals surface area contributed by atoms with E-state index in [4.69, 9.17) is 9.47 Å². The van der Waals surface area contributed by atoms with Gasteiger partial charge >= 0.3 is 35.2 Å². The summed E-state index contributed by atoms with van der Waals surface area (Å²) in [6, 6.07) is 19.0. The Morgan fingerprint density at radius 2 is 1.64 bits per heavy atom. The van der Waals surface area contributed by atoms with Crippen molar-refractivity contribution in [2.24, 2.45) is 5.92 Å². The molecule has 0 radical (unpaired) electrons. The molecule has 14 nitrogen and oxygen atoms in total. The van der Waals surface area contributed by atoms with E-state index < -0.39 is 23.3 Å². The second-order valence-corrected chi connectivity index (χ2v) is 14.0. The number of piperazine rings is 1. The number of hydrogen-bond acceptors (Lipinski definition) is 10. The number of aliphatic hydroxyl groups is 1. The van der Waals surface area contributed by atoms with Crippen molar-refractivity contribution in [3.63, 3.8) is 0 Å². The van der Waals surface area contributed by atoms with E-state index in [0.29, 0.717) is 31.8 Å². The third kappa shape index (κ3) is 9.22. The van der Waals surface area contributed by atoms with Crippen LogP contribution in [0, 0.1) is 17.6 Å². The van der Waals surface area contributed by atoms with Gasteiger partial charge in [0.25, 0.3) is 6.33 Å². The van der Waals surface area contributed by atoms with Crippen LogP contribution in [-0.4, -0.2) is 86.5 Å². The minimum absolute atomic E-state index is 0. The van der Waals surface area contributed by atoms with E-state index in [1.165, 1.54) is 34.0 Å². The van der Waals surface area contributed by atoms with E-state index >= 15 is 4.39 Å². The molecule has 4 atom stereocenters. The molecule has 292 valence electrons. The molecule has 2 fully saturated rings. The van der Waals surface area contributed by atoms with Crippen LogP contribution in [0.3, 0.4) is 0 Å². The first-order valence-corrected chi connectivity index (χ1v) is 18.2. The molecular weight excluding hydrogens is 737 g/mol. The van der Waals surface area contributed by atoms with Crippen LogP contribution in [0.4, 0.5) is 20.2 Å². The Bertz CT molecular complexity index is 2100. The zero-order chi connectivity index (χ0) is 37.8. The molecule has 17 heteroatoms. The van der Waals surface area contributed by atoms with Crippen LogP contribution in [0.15, 0.2) is 90.5 Å². The normalized spacial score (nSPS) is 19.2. The van der Waals surface area contributed by atoms with Crippen molar-refractivity contribution in [2.75, 3.05) is 49.2 Å². The van der Waals surface area contributed by atoms with Gasteiger partial charge in [-0.05, 0) is 80.9 Å². The van der Waals surface area contributed by atoms with Crippen LogP contribution >= 0.6 is 0 Å². The largest absolute Gasteiger partial charge is 1.00 e. The number of aromatic nitrogens is 6. The molecule has 2 N–H and O–H groups in total. The second-order valence-electron chi connectivity index (χ2n) is 14.0.